The number of anilines is 2. The monoisotopic (exact) mass is 404 g/mol. The molecule has 4 heterocycles. The lowest BCUT2D eigenvalue weighted by Gasteiger charge is -2.26. The molecule has 1 unspecified atom stereocenters. The Morgan fingerprint density at radius 1 is 1.23 bits per heavy atom. The predicted molar refractivity (Wildman–Crippen MR) is 120 cm³/mol. The third-order valence-corrected chi connectivity index (χ3v) is 5.95. The summed E-state index contributed by atoms with van der Waals surface area (Å²) in [5.74, 6) is 2.09. The first-order valence-electron chi connectivity index (χ1n) is 10.7. The number of benzene rings is 1. The van der Waals surface area contributed by atoms with Gasteiger partial charge in [0.05, 0.1) is 17.4 Å². The van der Waals surface area contributed by atoms with Gasteiger partial charge in [-0.2, -0.15) is 10.1 Å². The quantitative estimate of drug-likeness (QED) is 0.621. The number of aliphatic imine (C=N–C) groups is 1. The highest BCUT2D eigenvalue weighted by molar-refractivity contribution is 5.88. The average Bonchev–Trinajstić information content (AvgIpc) is 3.11. The molecule has 156 valence electrons. The largest absolute Gasteiger partial charge is 0.340 e. The van der Waals surface area contributed by atoms with Crippen LogP contribution in [-0.4, -0.2) is 57.5 Å². The molecule has 3 aromatic rings. The Balaban J connectivity index is 1.50. The third-order valence-electron chi connectivity index (χ3n) is 5.95. The minimum atomic E-state index is 0.566. The molecule has 0 amide bonds. The van der Waals surface area contributed by atoms with Gasteiger partial charge in [-0.1, -0.05) is 6.92 Å². The molecule has 3 N–H and O–H groups in total. The zero-order valence-electron chi connectivity index (χ0n) is 17.6. The van der Waals surface area contributed by atoms with Crippen molar-refractivity contribution in [1.82, 2.24) is 30.4 Å². The Morgan fingerprint density at radius 3 is 3.10 bits per heavy atom. The molecule has 2 aromatic heterocycles. The standard InChI is InChI=1S/C22H28N8/c1-14-3-4-17(12-23-10-14)26-22-27-20-7-8-30(2)13-18(20)21(28-22)25-16-5-6-19-15(9-16)11-24-29-19/h5-6,9,11,14,23H,3-4,7-8,10,12-13H2,1-2H3,(H,24,29)(H,25,27,28)/b26-17-. The molecule has 5 rings (SSSR count). The lowest BCUT2D eigenvalue weighted by atomic mass is 10.1. The third kappa shape index (κ3) is 4.06. The number of H-pyrrole nitrogens is 1. The van der Waals surface area contributed by atoms with Crippen LogP contribution in [0.4, 0.5) is 17.5 Å². The number of nitrogens with one attached hydrogen (secondary N) is 3. The van der Waals surface area contributed by atoms with Crippen LogP contribution in [0.25, 0.3) is 10.9 Å². The molecule has 0 bridgehead atoms. The summed E-state index contributed by atoms with van der Waals surface area (Å²) in [5.41, 5.74) is 5.41. The van der Waals surface area contributed by atoms with Crippen LogP contribution >= 0.6 is 0 Å². The molecule has 8 nitrogen and oxygen atoms in total. The van der Waals surface area contributed by atoms with E-state index in [-0.39, 0.29) is 0 Å². The van der Waals surface area contributed by atoms with Crippen LogP contribution in [0.15, 0.2) is 29.4 Å². The minimum Gasteiger partial charge on any atom is -0.340 e. The van der Waals surface area contributed by atoms with Crippen molar-refractivity contribution in [3.63, 3.8) is 0 Å². The van der Waals surface area contributed by atoms with Crippen molar-refractivity contribution in [3.05, 3.63) is 35.7 Å². The topological polar surface area (TPSA) is 94.1 Å². The van der Waals surface area contributed by atoms with E-state index < -0.39 is 0 Å². The molecule has 0 spiro atoms. The fourth-order valence-corrected chi connectivity index (χ4v) is 4.15. The molecule has 30 heavy (non-hydrogen) atoms. The van der Waals surface area contributed by atoms with Crippen LogP contribution in [0.5, 0.6) is 0 Å². The van der Waals surface area contributed by atoms with Crippen molar-refractivity contribution in [1.29, 1.82) is 0 Å². The number of likely N-dealkylation sites (N-methyl/N-ethyl adjacent to an activating group) is 1. The van der Waals surface area contributed by atoms with E-state index >= 15 is 0 Å². The Labute approximate surface area is 176 Å². The second kappa shape index (κ2) is 8.12. The molecular weight excluding hydrogens is 376 g/mol. The second-order valence-electron chi connectivity index (χ2n) is 8.54. The maximum atomic E-state index is 4.85. The van der Waals surface area contributed by atoms with Gasteiger partial charge in [-0.15, -0.1) is 0 Å². The highest BCUT2D eigenvalue weighted by Gasteiger charge is 2.21. The number of aromatic nitrogens is 4. The number of rotatable bonds is 3. The predicted octanol–water partition coefficient (Wildman–Crippen LogP) is 3.18. The van der Waals surface area contributed by atoms with Gasteiger partial charge in [0, 0.05) is 48.4 Å². The zero-order valence-corrected chi connectivity index (χ0v) is 17.6. The van der Waals surface area contributed by atoms with Gasteiger partial charge in [0.25, 0.3) is 5.95 Å². The van der Waals surface area contributed by atoms with Crippen molar-refractivity contribution in [2.24, 2.45) is 10.9 Å². The zero-order chi connectivity index (χ0) is 20.5. The number of nitrogens with zero attached hydrogens (tertiary/aromatic N) is 5. The van der Waals surface area contributed by atoms with E-state index in [0.29, 0.717) is 11.9 Å². The maximum absolute atomic E-state index is 4.85. The van der Waals surface area contributed by atoms with Gasteiger partial charge in [0.1, 0.15) is 5.82 Å². The van der Waals surface area contributed by atoms with Gasteiger partial charge >= 0.3 is 0 Å². The van der Waals surface area contributed by atoms with E-state index in [2.05, 4.69) is 45.8 Å². The van der Waals surface area contributed by atoms with E-state index in [0.717, 1.165) is 84.8 Å². The second-order valence-corrected chi connectivity index (χ2v) is 8.54. The van der Waals surface area contributed by atoms with Gasteiger partial charge in [-0.25, -0.2) is 9.98 Å². The van der Waals surface area contributed by atoms with Gasteiger partial charge in [-0.3, -0.25) is 5.10 Å². The first-order chi connectivity index (χ1) is 14.6. The molecule has 0 saturated carbocycles. The van der Waals surface area contributed by atoms with Crippen LogP contribution in [0.1, 0.15) is 31.0 Å². The number of hydrogen-bond donors (Lipinski definition) is 3. The average molecular weight is 405 g/mol. The molecule has 2 aliphatic rings. The molecular formula is C22H28N8. The van der Waals surface area contributed by atoms with Crippen LogP contribution in [0.3, 0.4) is 0 Å². The van der Waals surface area contributed by atoms with Crippen LogP contribution in [0.2, 0.25) is 0 Å². The molecule has 1 aromatic carbocycles. The smallest absolute Gasteiger partial charge is 0.251 e. The summed E-state index contributed by atoms with van der Waals surface area (Å²) in [5, 5.41) is 15.2. The molecule has 8 heteroatoms. The summed E-state index contributed by atoms with van der Waals surface area (Å²) in [6.45, 7) is 5.97. The molecule has 1 saturated heterocycles. The Kier molecular flexibility index (Phi) is 5.18. The van der Waals surface area contributed by atoms with Crippen molar-refractivity contribution in [2.45, 2.75) is 32.7 Å². The fraction of sp³-hybridized carbons (Fsp3) is 0.455. The van der Waals surface area contributed by atoms with Crippen molar-refractivity contribution in [2.75, 3.05) is 32.0 Å². The van der Waals surface area contributed by atoms with Crippen molar-refractivity contribution in [3.8, 4) is 0 Å². The SMILES string of the molecule is CC1CC/C(=N/c2nc3c(c(Nc4ccc5[nH]ncc5c4)n2)CN(C)CC3)CNC1. The first kappa shape index (κ1) is 19.1. The Hall–Kier alpha value is -2.84. The van der Waals surface area contributed by atoms with Crippen LogP contribution in [-0.2, 0) is 13.0 Å². The number of fused-ring (bicyclic) bond motifs is 2. The maximum Gasteiger partial charge on any atom is 0.251 e. The van der Waals surface area contributed by atoms with Crippen molar-refractivity contribution < 1.29 is 0 Å². The summed E-state index contributed by atoms with van der Waals surface area (Å²) in [6.07, 6.45) is 4.90. The van der Waals surface area contributed by atoms with E-state index in [1.807, 2.05) is 18.3 Å². The van der Waals surface area contributed by atoms with E-state index in [9.17, 15) is 0 Å². The molecule has 1 fully saturated rings. The fourth-order valence-electron chi connectivity index (χ4n) is 4.15. The van der Waals surface area contributed by atoms with Gasteiger partial charge in [0.2, 0.25) is 0 Å². The van der Waals surface area contributed by atoms with E-state index in [1.165, 1.54) is 0 Å². The Morgan fingerprint density at radius 2 is 2.17 bits per heavy atom. The highest BCUT2D eigenvalue weighted by Crippen LogP contribution is 2.29. The molecule has 1 atom stereocenters. The number of hydrogen-bond acceptors (Lipinski definition) is 7. The summed E-state index contributed by atoms with van der Waals surface area (Å²) < 4.78 is 0. The van der Waals surface area contributed by atoms with Crippen molar-refractivity contribution >= 4 is 34.1 Å². The molecule has 0 radical (unpaired) electrons. The normalized spacial score (nSPS) is 21.5. The summed E-state index contributed by atoms with van der Waals surface area (Å²) >= 11 is 0. The first-order valence-corrected chi connectivity index (χ1v) is 10.7. The summed E-state index contributed by atoms with van der Waals surface area (Å²) in [7, 11) is 2.14. The lowest BCUT2D eigenvalue weighted by molar-refractivity contribution is 0.310. The van der Waals surface area contributed by atoms with Gasteiger partial charge < -0.3 is 15.5 Å². The highest BCUT2D eigenvalue weighted by atomic mass is 15.2. The minimum absolute atomic E-state index is 0.566. The van der Waals surface area contributed by atoms with Crippen LogP contribution in [0, 0.1) is 5.92 Å². The summed E-state index contributed by atoms with van der Waals surface area (Å²) in [6, 6.07) is 6.16. The molecule has 0 aliphatic carbocycles. The molecule has 2 aliphatic heterocycles. The van der Waals surface area contributed by atoms with Gasteiger partial charge in [-0.05, 0) is 50.6 Å². The van der Waals surface area contributed by atoms with E-state index in [4.69, 9.17) is 15.0 Å². The lowest BCUT2D eigenvalue weighted by Crippen LogP contribution is -2.28. The van der Waals surface area contributed by atoms with Crippen LogP contribution < -0.4 is 10.6 Å². The van der Waals surface area contributed by atoms with Gasteiger partial charge in [0.15, 0.2) is 0 Å². The Bertz CT molecular complexity index is 1090. The van der Waals surface area contributed by atoms with E-state index in [1.54, 1.807) is 0 Å². The summed E-state index contributed by atoms with van der Waals surface area (Å²) in [4.78, 5) is 16.8. The number of aromatic amines is 1.